The summed E-state index contributed by atoms with van der Waals surface area (Å²) in [5, 5.41) is 6.31. The van der Waals surface area contributed by atoms with Crippen molar-refractivity contribution in [2.75, 3.05) is 17.7 Å². The summed E-state index contributed by atoms with van der Waals surface area (Å²) < 4.78 is 0.898. The Morgan fingerprint density at radius 1 is 1.50 bits per heavy atom. The normalized spacial score (nSPS) is 12.2. The molecule has 5 heteroatoms. The molecule has 0 saturated heterocycles. The first-order valence-electron chi connectivity index (χ1n) is 5.64. The molecule has 0 fully saturated rings. The zero-order valence-electron chi connectivity index (χ0n) is 10.0. The van der Waals surface area contributed by atoms with Gasteiger partial charge in [-0.15, -0.1) is 0 Å². The molecule has 16 heavy (non-hydrogen) atoms. The lowest BCUT2D eigenvalue weighted by Gasteiger charge is -2.15. The molecule has 4 nitrogen and oxygen atoms in total. The van der Waals surface area contributed by atoms with Gasteiger partial charge in [-0.1, -0.05) is 19.8 Å². The van der Waals surface area contributed by atoms with Crippen molar-refractivity contribution in [3.8, 4) is 0 Å². The molecule has 0 saturated carbocycles. The van der Waals surface area contributed by atoms with E-state index >= 15 is 0 Å². The summed E-state index contributed by atoms with van der Waals surface area (Å²) in [5.41, 5.74) is 0. The molecule has 1 aromatic rings. The first kappa shape index (κ1) is 13.2. The smallest absolute Gasteiger partial charge is 0.224 e. The number of nitrogens with zero attached hydrogens (tertiary/aromatic N) is 2. The summed E-state index contributed by atoms with van der Waals surface area (Å²) >= 11 is 3.44. The minimum absolute atomic E-state index is 0.427. The van der Waals surface area contributed by atoms with Crippen molar-refractivity contribution in [1.29, 1.82) is 0 Å². The van der Waals surface area contributed by atoms with Gasteiger partial charge < -0.3 is 10.6 Å². The molecular weight excluding hydrogens is 268 g/mol. The molecule has 0 aliphatic heterocycles. The largest absolute Gasteiger partial charge is 0.367 e. The number of hydrogen-bond donors (Lipinski definition) is 2. The minimum atomic E-state index is 0.427. The zero-order chi connectivity index (χ0) is 12.0. The van der Waals surface area contributed by atoms with Gasteiger partial charge in [-0.3, -0.25) is 0 Å². The molecule has 90 valence electrons. The average Bonchev–Trinajstić information content (AvgIpc) is 2.29. The topological polar surface area (TPSA) is 49.8 Å². The highest BCUT2D eigenvalue weighted by Crippen LogP contribution is 2.21. The molecule has 1 aromatic heterocycles. The molecule has 0 aromatic carbocycles. The van der Waals surface area contributed by atoms with Gasteiger partial charge in [0.15, 0.2) is 0 Å². The fraction of sp³-hybridized carbons (Fsp3) is 0.636. The van der Waals surface area contributed by atoms with E-state index in [1.807, 2.05) is 7.05 Å². The number of rotatable bonds is 6. The summed E-state index contributed by atoms with van der Waals surface area (Å²) in [7, 11) is 1.81. The van der Waals surface area contributed by atoms with Crippen molar-refractivity contribution in [2.45, 2.75) is 39.2 Å². The molecule has 0 radical (unpaired) electrons. The molecular formula is C11H19BrN4. The Bertz CT molecular complexity index is 330. The number of halogens is 1. The summed E-state index contributed by atoms with van der Waals surface area (Å²) in [6, 6.07) is 0.427. The molecule has 0 bridgehead atoms. The van der Waals surface area contributed by atoms with Crippen molar-refractivity contribution in [3.63, 3.8) is 0 Å². The van der Waals surface area contributed by atoms with Crippen LogP contribution in [0.25, 0.3) is 0 Å². The maximum absolute atomic E-state index is 4.36. The van der Waals surface area contributed by atoms with E-state index in [0.29, 0.717) is 12.0 Å². The van der Waals surface area contributed by atoms with Crippen LogP contribution in [0.2, 0.25) is 0 Å². The highest BCUT2D eigenvalue weighted by atomic mass is 79.9. The van der Waals surface area contributed by atoms with E-state index in [2.05, 4.69) is 50.4 Å². The van der Waals surface area contributed by atoms with E-state index in [4.69, 9.17) is 0 Å². The molecule has 0 amide bonds. The SMILES string of the molecule is CCCCC(C)Nc1nc(NC)ncc1Br. The van der Waals surface area contributed by atoms with E-state index in [1.165, 1.54) is 12.8 Å². The van der Waals surface area contributed by atoms with E-state index in [0.717, 1.165) is 16.7 Å². The van der Waals surface area contributed by atoms with Gasteiger partial charge in [0.2, 0.25) is 5.95 Å². The van der Waals surface area contributed by atoms with Crippen molar-refractivity contribution in [3.05, 3.63) is 10.7 Å². The zero-order valence-corrected chi connectivity index (χ0v) is 11.6. The highest BCUT2D eigenvalue weighted by Gasteiger charge is 2.07. The van der Waals surface area contributed by atoms with Crippen LogP contribution in [0.15, 0.2) is 10.7 Å². The molecule has 0 aliphatic carbocycles. The van der Waals surface area contributed by atoms with Crippen LogP contribution in [-0.4, -0.2) is 23.1 Å². The maximum atomic E-state index is 4.36. The van der Waals surface area contributed by atoms with Gasteiger partial charge in [-0.25, -0.2) is 4.98 Å². The Kier molecular flexibility index (Phi) is 5.52. The van der Waals surface area contributed by atoms with Crippen molar-refractivity contribution >= 4 is 27.7 Å². The number of hydrogen-bond acceptors (Lipinski definition) is 4. The van der Waals surface area contributed by atoms with Crippen LogP contribution in [-0.2, 0) is 0 Å². The average molecular weight is 287 g/mol. The molecule has 1 heterocycles. The Morgan fingerprint density at radius 2 is 2.25 bits per heavy atom. The number of aromatic nitrogens is 2. The highest BCUT2D eigenvalue weighted by molar-refractivity contribution is 9.10. The van der Waals surface area contributed by atoms with Crippen LogP contribution in [0, 0.1) is 0 Å². The quantitative estimate of drug-likeness (QED) is 0.843. The van der Waals surface area contributed by atoms with Crippen molar-refractivity contribution in [1.82, 2.24) is 9.97 Å². The summed E-state index contributed by atoms with van der Waals surface area (Å²) in [6.07, 6.45) is 5.37. The fourth-order valence-corrected chi connectivity index (χ4v) is 1.71. The second-order valence-electron chi connectivity index (χ2n) is 3.83. The molecule has 0 spiro atoms. The monoisotopic (exact) mass is 286 g/mol. The Hall–Kier alpha value is -0.840. The van der Waals surface area contributed by atoms with Gasteiger partial charge in [0.1, 0.15) is 5.82 Å². The van der Waals surface area contributed by atoms with Crippen LogP contribution >= 0.6 is 15.9 Å². The van der Waals surface area contributed by atoms with E-state index in [9.17, 15) is 0 Å². The Morgan fingerprint density at radius 3 is 2.88 bits per heavy atom. The fourth-order valence-electron chi connectivity index (χ4n) is 1.40. The first-order chi connectivity index (χ1) is 7.67. The summed E-state index contributed by atoms with van der Waals surface area (Å²) in [6.45, 7) is 4.37. The number of anilines is 2. The van der Waals surface area contributed by atoms with Gasteiger partial charge >= 0.3 is 0 Å². The van der Waals surface area contributed by atoms with Crippen LogP contribution in [0.1, 0.15) is 33.1 Å². The molecule has 2 N–H and O–H groups in total. The van der Waals surface area contributed by atoms with Crippen LogP contribution in [0.4, 0.5) is 11.8 Å². The van der Waals surface area contributed by atoms with E-state index in [1.54, 1.807) is 6.20 Å². The Labute approximate surface area is 105 Å². The molecule has 1 rings (SSSR count). The van der Waals surface area contributed by atoms with Gasteiger partial charge in [-0.2, -0.15) is 4.98 Å². The van der Waals surface area contributed by atoms with E-state index < -0.39 is 0 Å². The summed E-state index contributed by atoms with van der Waals surface area (Å²) in [5.74, 6) is 1.48. The standard InChI is InChI=1S/C11H19BrN4/c1-4-5-6-8(2)15-10-9(12)7-14-11(13-3)16-10/h7-8H,4-6H2,1-3H3,(H2,13,14,15,16). The third-order valence-corrected chi connectivity index (χ3v) is 2.92. The minimum Gasteiger partial charge on any atom is -0.367 e. The summed E-state index contributed by atoms with van der Waals surface area (Å²) in [4.78, 5) is 8.48. The predicted molar refractivity (Wildman–Crippen MR) is 71.9 cm³/mol. The van der Waals surface area contributed by atoms with Gasteiger partial charge in [-0.05, 0) is 29.3 Å². The Balaban J connectivity index is 2.64. The molecule has 1 unspecified atom stereocenters. The third kappa shape index (κ3) is 3.96. The van der Waals surface area contributed by atoms with E-state index in [-0.39, 0.29) is 0 Å². The molecule has 1 atom stereocenters. The second kappa shape index (κ2) is 6.68. The molecule has 0 aliphatic rings. The lowest BCUT2D eigenvalue weighted by molar-refractivity contribution is 0.643. The predicted octanol–water partition coefficient (Wildman–Crippen LogP) is 3.27. The van der Waals surface area contributed by atoms with Crippen LogP contribution in [0.3, 0.4) is 0 Å². The maximum Gasteiger partial charge on any atom is 0.224 e. The number of nitrogens with one attached hydrogen (secondary N) is 2. The van der Waals surface area contributed by atoms with Crippen molar-refractivity contribution < 1.29 is 0 Å². The van der Waals surface area contributed by atoms with Crippen LogP contribution < -0.4 is 10.6 Å². The van der Waals surface area contributed by atoms with Crippen LogP contribution in [0.5, 0.6) is 0 Å². The van der Waals surface area contributed by atoms with Gasteiger partial charge in [0.05, 0.1) is 4.47 Å². The van der Waals surface area contributed by atoms with Gasteiger partial charge in [0.25, 0.3) is 0 Å². The van der Waals surface area contributed by atoms with Gasteiger partial charge in [0, 0.05) is 19.3 Å². The number of unbranched alkanes of at least 4 members (excludes halogenated alkanes) is 1. The lowest BCUT2D eigenvalue weighted by atomic mass is 10.1. The first-order valence-corrected chi connectivity index (χ1v) is 6.43. The second-order valence-corrected chi connectivity index (χ2v) is 4.68. The van der Waals surface area contributed by atoms with Crippen molar-refractivity contribution in [2.24, 2.45) is 0 Å². The third-order valence-electron chi connectivity index (χ3n) is 2.34. The lowest BCUT2D eigenvalue weighted by Crippen LogP contribution is -2.16.